The van der Waals surface area contributed by atoms with E-state index in [1.54, 1.807) is 6.07 Å². The monoisotopic (exact) mass is 332 g/mol. The minimum atomic E-state index is -0.422. The summed E-state index contributed by atoms with van der Waals surface area (Å²) in [5, 5.41) is 6.76. The van der Waals surface area contributed by atoms with E-state index in [4.69, 9.17) is 21.1 Å². The fourth-order valence-electron chi connectivity index (χ4n) is 2.53. The van der Waals surface area contributed by atoms with Crippen molar-refractivity contribution < 1.29 is 14.3 Å². The van der Waals surface area contributed by atoms with E-state index in [1.807, 2.05) is 12.1 Å². The van der Waals surface area contributed by atoms with Crippen LogP contribution in [0.25, 0.3) is 0 Å². The number of hydrogen-bond acceptors (Lipinski definition) is 4. The van der Waals surface area contributed by atoms with Crippen LogP contribution in [0.3, 0.4) is 0 Å². The Balaban J connectivity index is 0.00000161. The maximum Gasteiger partial charge on any atom is 0.250 e. The van der Waals surface area contributed by atoms with Crippen LogP contribution in [-0.2, 0) is 9.53 Å². The van der Waals surface area contributed by atoms with E-state index in [0.29, 0.717) is 30.5 Å². The summed E-state index contributed by atoms with van der Waals surface area (Å²) in [6, 6.07) is 5.52. The van der Waals surface area contributed by atoms with E-state index < -0.39 is 6.10 Å². The number of rotatable bonds is 2. The van der Waals surface area contributed by atoms with Gasteiger partial charge >= 0.3 is 0 Å². The number of halogens is 2. The Morgan fingerprint density at radius 2 is 2.24 bits per heavy atom. The maximum absolute atomic E-state index is 12.2. The molecule has 5 nitrogen and oxygen atoms in total. The van der Waals surface area contributed by atoms with Gasteiger partial charge in [0.1, 0.15) is 11.9 Å². The van der Waals surface area contributed by atoms with Crippen LogP contribution < -0.4 is 15.4 Å². The summed E-state index contributed by atoms with van der Waals surface area (Å²) in [5.74, 6) is 0.587. The van der Waals surface area contributed by atoms with Gasteiger partial charge in [0, 0.05) is 25.1 Å². The van der Waals surface area contributed by atoms with Crippen LogP contribution in [0.4, 0.5) is 0 Å². The number of hydrogen-bond donors (Lipinski definition) is 2. The molecule has 2 atom stereocenters. The Hall–Kier alpha value is -1.01. The number of amides is 1. The molecule has 7 heteroatoms. The lowest BCUT2D eigenvalue weighted by atomic mass is 10.00. The zero-order chi connectivity index (χ0) is 13.9. The molecular weight excluding hydrogens is 315 g/mol. The second kappa shape index (κ2) is 7.31. The normalized spacial score (nSPS) is 24.2. The highest BCUT2D eigenvalue weighted by atomic mass is 35.5. The highest BCUT2D eigenvalue weighted by Gasteiger charge is 2.28. The molecule has 2 unspecified atom stereocenters. The lowest BCUT2D eigenvalue weighted by molar-refractivity contribution is -0.135. The largest absolute Gasteiger partial charge is 0.492 e. The number of fused-ring (bicyclic) bond motifs is 1. The molecule has 0 radical (unpaired) electrons. The lowest BCUT2D eigenvalue weighted by Crippen LogP contribution is -2.49. The van der Waals surface area contributed by atoms with Crippen LogP contribution in [0, 0.1) is 0 Å². The van der Waals surface area contributed by atoms with E-state index in [2.05, 4.69) is 10.6 Å². The number of benzene rings is 1. The molecule has 1 aromatic carbocycles. The summed E-state index contributed by atoms with van der Waals surface area (Å²) >= 11 is 6.12. The smallest absolute Gasteiger partial charge is 0.250 e. The quantitative estimate of drug-likeness (QED) is 0.865. The Labute approximate surface area is 134 Å². The molecule has 3 rings (SSSR count). The highest BCUT2D eigenvalue weighted by molar-refractivity contribution is 6.32. The first-order valence-corrected chi connectivity index (χ1v) is 7.17. The molecule has 2 aliphatic rings. The van der Waals surface area contributed by atoms with E-state index in [0.717, 1.165) is 18.5 Å². The van der Waals surface area contributed by atoms with Gasteiger partial charge in [-0.1, -0.05) is 23.7 Å². The number of carbonyl (C=O) groups is 1. The summed E-state index contributed by atoms with van der Waals surface area (Å²) in [5.41, 5.74) is 0.931. The van der Waals surface area contributed by atoms with E-state index >= 15 is 0 Å². The van der Waals surface area contributed by atoms with Crippen LogP contribution in [-0.4, -0.2) is 38.3 Å². The van der Waals surface area contributed by atoms with Crippen molar-refractivity contribution >= 4 is 29.9 Å². The third-order valence-corrected chi connectivity index (χ3v) is 3.86. The summed E-state index contributed by atoms with van der Waals surface area (Å²) in [6.07, 6.45) is 0.313. The van der Waals surface area contributed by atoms with Gasteiger partial charge in [0.05, 0.1) is 24.3 Å². The molecule has 0 bridgehead atoms. The summed E-state index contributed by atoms with van der Waals surface area (Å²) in [4.78, 5) is 12.2. The van der Waals surface area contributed by atoms with Crippen molar-refractivity contribution in [3.05, 3.63) is 28.8 Å². The number of carbonyl (C=O) groups excluding carboxylic acids is 1. The lowest BCUT2D eigenvalue weighted by Gasteiger charge is -2.30. The minimum Gasteiger partial charge on any atom is -0.492 e. The molecule has 1 saturated heterocycles. The molecule has 2 heterocycles. The Morgan fingerprint density at radius 1 is 1.38 bits per heavy atom. The first kappa shape index (κ1) is 16.4. The first-order chi connectivity index (χ1) is 9.75. The molecular formula is C14H18Cl2N2O3. The fourth-order valence-corrected chi connectivity index (χ4v) is 2.77. The van der Waals surface area contributed by atoms with Gasteiger partial charge in [0.25, 0.3) is 5.91 Å². The first-order valence-electron chi connectivity index (χ1n) is 6.79. The SMILES string of the molecule is Cl.O=C(NC1CCOc2c(Cl)cccc21)C1CNCCO1. The van der Waals surface area contributed by atoms with Crippen molar-refractivity contribution in [2.24, 2.45) is 0 Å². The molecule has 0 aliphatic carbocycles. The van der Waals surface area contributed by atoms with Gasteiger partial charge in [-0.25, -0.2) is 0 Å². The molecule has 21 heavy (non-hydrogen) atoms. The predicted molar refractivity (Wildman–Crippen MR) is 82.3 cm³/mol. The van der Waals surface area contributed by atoms with Crippen LogP contribution in [0.15, 0.2) is 18.2 Å². The van der Waals surface area contributed by atoms with E-state index in [-0.39, 0.29) is 24.4 Å². The molecule has 0 spiro atoms. The summed E-state index contributed by atoms with van der Waals surface area (Å²) in [7, 11) is 0. The van der Waals surface area contributed by atoms with Gasteiger partial charge in [-0.3, -0.25) is 4.79 Å². The van der Waals surface area contributed by atoms with Crippen molar-refractivity contribution in [3.8, 4) is 5.75 Å². The average molecular weight is 333 g/mol. The minimum absolute atomic E-state index is 0. The van der Waals surface area contributed by atoms with Crippen LogP contribution in [0.5, 0.6) is 5.75 Å². The molecule has 2 N–H and O–H groups in total. The van der Waals surface area contributed by atoms with Crippen LogP contribution in [0.1, 0.15) is 18.0 Å². The van der Waals surface area contributed by atoms with Crippen molar-refractivity contribution in [3.63, 3.8) is 0 Å². The van der Waals surface area contributed by atoms with Crippen molar-refractivity contribution in [1.82, 2.24) is 10.6 Å². The predicted octanol–water partition coefficient (Wildman–Crippen LogP) is 1.69. The van der Waals surface area contributed by atoms with Gasteiger partial charge in [0.15, 0.2) is 0 Å². The zero-order valence-electron chi connectivity index (χ0n) is 11.4. The summed E-state index contributed by atoms with van der Waals surface area (Å²) < 4.78 is 11.0. The van der Waals surface area contributed by atoms with Crippen LogP contribution >= 0.6 is 24.0 Å². The second-order valence-electron chi connectivity index (χ2n) is 4.92. The molecule has 1 aromatic rings. The van der Waals surface area contributed by atoms with Crippen molar-refractivity contribution in [1.29, 1.82) is 0 Å². The van der Waals surface area contributed by atoms with Gasteiger partial charge in [-0.15, -0.1) is 12.4 Å². The molecule has 2 aliphatic heterocycles. The van der Waals surface area contributed by atoms with Gasteiger partial charge < -0.3 is 20.1 Å². The topological polar surface area (TPSA) is 59.6 Å². The Morgan fingerprint density at radius 3 is 3.00 bits per heavy atom. The summed E-state index contributed by atoms with van der Waals surface area (Å²) in [6.45, 7) is 2.46. The Kier molecular flexibility index (Phi) is 5.70. The second-order valence-corrected chi connectivity index (χ2v) is 5.33. The molecule has 1 amide bonds. The zero-order valence-corrected chi connectivity index (χ0v) is 13.0. The van der Waals surface area contributed by atoms with E-state index in [9.17, 15) is 4.79 Å². The highest BCUT2D eigenvalue weighted by Crippen LogP contribution is 2.37. The molecule has 0 saturated carbocycles. The third kappa shape index (κ3) is 3.61. The van der Waals surface area contributed by atoms with Gasteiger partial charge in [0.2, 0.25) is 0 Å². The molecule has 1 fully saturated rings. The number of para-hydroxylation sites is 1. The van der Waals surface area contributed by atoms with E-state index in [1.165, 1.54) is 0 Å². The van der Waals surface area contributed by atoms with Crippen molar-refractivity contribution in [2.45, 2.75) is 18.6 Å². The van der Waals surface area contributed by atoms with Gasteiger partial charge in [-0.2, -0.15) is 0 Å². The third-order valence-electron chi connectivity index (χ3n) is 3.56. The van der Waals surface area contributed by atoms with Crippen molar-refractivity contribution in [2.75, 3.05) is 26.3 Å². The molecule has 116 valence electrons. The van der Waals surface area contributed by atoms with Gasteiger partial charge in [-0.05, 0) is 6.07 Å². The van der Waals surface area contributed by atoms with Crippen LogP contribution in [0.2, 0.25) is 5.02 Å². The number of nitrogens with one attached hydrogen (secondary N) is 2. The average Bonchev–Trinajstić information content (AvgIpc) is 2.49. The molecule has 0 aromatic heterocycles. The Bertz CT molecular complexity index is 507. The standard InChI is InChI=1S/C14H17ClN2O3.ClH/c15-10-3-1-2-9-11(4-6-20-13(9)10)17-14(18)12-8-16-5-7-19-12;/h1-3,11-12,16H,4-8H2,(H,17,18);1H. The maximum atomic E-state index is 12.2. The number of ether oxygens (including phenoxy) is 2. The number of morpholine rings is 1. The fraction of sp³-hybridized carbons (Fsp3) is 0.500.